The molecule has 0 aromatic heterocycles. The fourth-order valence-corrected chi connectivity index (χ4v) is 12.8. The average Bonchev–Trinajstić information content (AvgIpc) is 3.71. The zero-order valence-electron chi connectivity index (χ0n) is 60.5. The Bertz CT molecular complexity index is 1610. The number of hydrogen-bond acceptors (Lipinski definition) is 6. The summed E-state index contributed by atoms with van der Waals surface area (Å²) in [7, 11) is 1.52. The Labute approximate surface area is 555 Å². The Morgan fingerprint density at radius 3 is 1.03 bits per heavy atom. The molecule has 0 spiro atoms. The smallest absolute Gasteiger partial charge is 0.456 e. The van der Waals surface area contributed by atoms with E-state index >= 15 is 0 Å². The molecule has 0 rings (SSSR count). The number of carbonyl (C=O) groups excluding carboxylic acids is 2. The van der Waals surface area contributed by atoms with Crippen molar-refractivity contribution in [2.24, 2.45) is 0 Å². The lowest BCUT2D eigenvalue weighted by atomic mass is 10.0. The molecule has 0 fully saturated rings. The molecule has 0 aromatic rings. The number of phosphoric ester groups is 1. The maximum absolute atomic E-state index is 13.6. The van der Waals surface area contributed by atoms with Crippen molar-refractivity contribution in [2.75, 3.05) is 40.9 Å². The molecule has 0 saturated carbocycles. The SMILES string of the molecule is CCCCC/C=C\C/C=C\CCCCCCCCCCCCCCCCCCCC(=O)OC(/C=C/CCCCCCCCCCC)C(COP(=O)(O)OCC[N+](C)(C)C)NC(=O)CCCCCCCCCCCCCCCCCCCCCCCCCCC. The highest BCUT2D eigenvalue weighted by Crippen LogP contribution is 2.43. The van der Waals surface area contributed by atoms with Crippen LogP contribution in [0.4, 0.5) is 0 Å². The van der Waals surface area contributed by atoms with Crippen LogP contribution in [-0.4, -0.2) is 74.3 Å². The van der Waals surface area contributed by atoms with Crippen LogP contribution in [0, 0.1) is 0 Å². The van der Waals surface area contributed by atoms with Crippen molar-refractivity contribution in [2.45, 2.75) is 418 Å². The highest BCUT2D eigenvalue weighted by atomic mass is 31.2. The van der Waals surface area contributed by atoms with Crippen LogP contribution >= 0.6 is 7.82 Å². The lowest BCUT2D eigenvalue weighted by molar-refractivity contribution is -0.870. The number of rotatable bonds is 73. The van der Waals surface area contributed by atoms with Crippen molar-refractivity contribution >= 4 is 19.7 Å². The second-order valence-corrected chi connectivity index (χ2v) is 29.7. The predicted octanol–water partition coefficient (Wildman–Crippen LogP) is 25.4. The van der Waals surface area contributed by atoms with Gasteiger partial charge in [0, 0.05) is 12.8 Å². The van der Waals surface area contributed by atoms with Gasteiger partial charge in [-0.2, -0.15) is 0 Å². The molecule has 0 aliphatic carbocycles. The molecule has 0 heterocycles. The van der Waals surface area contributed by atoms with Gasteiger partial charge in [0.2, 0.25) is 5.91 Å². The third kappa shape index (κ3) is 70.4. The number of ether oxygens (including phenoxy) is 1. The molecule has 0 aromatic carbocycles. The van der Waals surface area contributed by atoms with Crippen molar-refractivity contribution in [1.29, 1.82) is 0 Å². The number of nitrogens with one attached hydrogen (secondary N) is 1. The van der Waals surface area contributed by atoms with E-state index in [1.165, 1.54) is 308 Å². The first-order chi connectivity index (χ1) is 43.4. The van der Waals surface area contributed by atoms with Crippen molar-refractivity contribution in [3.63, 3.8) is 0 Å². The lowest BCUT2D eigenvalue weighted by Gasteiger charge is -2.27. The van der Waals surface area contributed by atoms with Gasteiger partial charge >= 0.3 is 13.8 Å². The summed E-state index contributed by atoms with van der Waals surface area (Å²) in [5, 5.41) is 3.08. The molecular formula is C79H154N2O7P+. The second kappa shape index (κ2) is 69.1. The summed E-state index contributed by atoms with van der Waals surface area (Å²) >= 11 is 0. The average molecular weight is 1280 g/mol. The zero-order chi connectivity index (χ0) is 64.9. The number of unbranched alkanes of at least 4 members (excludes halogenated alkanes) is 53. The second-order valence-electron chi connectivity index (χ2n) is 28.2. The Morgan fingerprint density at radius 1 is 0.393 bits per heavy atom. The molecule has 0 bridgehead atoms. The molecule has 0 saturated heterocycles. The van der Waals surface area contributed by atoms with Gasteiger partial charge in [0.15, 0.2) is 0 Å². The molecule has 3 unspecified atom stereocenters. The molecule has 526 valence electrons. The maximum atomic E-state index is 13.6. The quantitative estimate of drug-likeness (QED) is 0.0205. The van der Waals surface area contributed by atoms with Crippen LogP contribution in [0.25, 0.3) is 0 Å². The van der Waals surface area contributed by atoms with Crippen LogP contribution in [0.5, 0.6) is 0 Å². The maximum Gasteiger partial charge on any atom is 0.472 e. The minimum Gasteiger partial charge on any atom is -0.456 e. The fraction of sp³-hybridized carbons (Fsp3) is 0.899. The number of phosphoric acid groups is 1. The molecule has 89 heavy (non-hydrogen) atoms. The summed E-state index contributed by atoms with van der Waals surface area (Å²) in [5.74, 6) is -0.480. The highest BCUT2D eigenvalue weighted by molar-refractivity contribution is 7.47. The largest absolute Gasteiger partial charge is 0.472 e. The molecule has 0 aliphatic rings. The van der Waals surface area contributed by atoms with Gasteiger partial charge in [0.1, 0.15) is 19.3 Å². The van der Waals surface area contributed by atoms with Crippen molar-refractivity contribution in [3.8, 4) is 0 Å². The number of nitrogens with zero attached hydrogens (tertiary/aromatic N) is 1. The van der Waals surface area contributed by atoms with Crippen LogP contribution in [-0.2, 0) is 27.9 Å². The zero-order valence-corrected chi connectivity index (χ0v) is 61.4. The van der Waals surface area contributed by atoms with Crippen molar-refractivity contribution in [1.82, 2.24) is 5.32 Å². The minimum atomic E-state index is -4.45. The van der Waals surface area contributed by atoms with Crippen LogP contribution in [0.3, 0.4) is 0 Å². The topological polar surface area (TPSA) is 111 Å². The summed E-state index contributed by atoms with van der Waals surface area (Å²) < 4.78 is 30.9. The number of esters is 1. The van der Waals surface area contributed by atoms with Gasteiger partial charge in [-0.25, -0.2) is 4.57 Å². The van der Waals surface area contributed by atoms with E-state index in [0.717, 1.165) is 64.2 Å². The Balaban J connectivity index is 4.85. The van der Waals surface area contributed by atoms with Crippen LogP contribution in [0.1, 0.15) is 406 Å². The number of quaternary nitrogens is 1. The van der Waals surface area contributed by atoms with Gasteiger partial charge in [-0.05, 0) is 63.9 Å². The van der Waals surface area contributed by atoms with E-state index in [-0.39, 0.29) is 25.1 Å². The van der Waals surface area contributed by atoms with Gasteiger partial charge in [-0.1, -0.05) is 366 Å². The van der Waals surface area contributed by atoms with E-state index in [0.29, 0.717) is 23.9 Å². The van der Waals surface area contributed by atoms with E-state index in [1.807, 2.05) is 27.2 Å². The molecule has 0 aliphatic heterocycles. The molecular weight excluding hydrogens is 1120 g/mol. The van der Waals surface area contributed by atoms with Gasteiger partial charge in [0.25, 0.3) is 0 Å². The molecule has 3 atom stereocenters. The molecule has 2 N–H and O–H groups in total. The first-order valence-corrected chi connectivity index (χ1v) is 40.8. The first-order valence-electron chi connectivity index (χ1n) is 39.3. The third-order valence-electron chi connectivity index (χ3n) is 18.1. The molecule has 9 nitrogen and oxygen atoms in total. The predicted molar refractivity (Wildman–Crippen MR) is 388 cm³/mol. The Morgan fingerprint density at radius 2 is 0.685 bits per heavy atom. The van der Waals surface area contributed by atoms with Crippen molar-refractivity contribution in [3.05, 3.63) is 36.5 Å². The highest BCUT2D eigenvalue weighted by Gasteiger charge is 2.30. The van der Waals surface area contributed by atoms with Crippen molar-refractivity contribution < 1.29 is 37.3 Å². The molecule has 1 amide bonds. The van der Waals surface area contributed by atoms with E-state index in [1.54, 1.807) is 0 Å². The van der Waals surface area contributed by atoms with E-state index < -0.39 is 20.0 Å². The standard InChI is InChI=1S/C79H153N2O7P/c1-7-10-13-16-19-22-25-27-29-31-33-35-37-39-40-42-44-46-48-50-52-54-57-60-63-66-69-72-79(83)88-77(70-67-64-61-58-55-24-21-18-15-12-9-3)76(75-87-89(84,85)86-74-73-81(4,5)6)80-78(82)71-68-65-62-59-56-53-51-49-47-45-43-41-38-36-34-32-30-28-26-23-20-17-14-11-8-2/h19,22,27,29,67,70,76-77H,7-18,20-21,23-26,28,30-66,68-69,71-75H2,1-6H3,(H-,80,82,84,85)/p+1/b22-19-,29-27-,70-67+. The first kappa shape index (κ1) is 87.2. The van der Waals surface area contributed by atoms with Gasteiger partial charge < -0.3 is 19.4 Å². The summed E-state index contributed by atoms with van der Waals surface area (Å²) in [6.07, 6.45) is 87.6. The number of carbonyl (C=O) groups is 2. The number of allylic oxidation sites excluding steroid dienone is 5. The van der Waals surface area contributed by atoms with Gasteiger partial charge in [-0.15, -0.1) is 0 Å². The third-order valence-corrected chi connectivity index (χ3v) is 19.1. The van der Waals surface area contributed by atoms with Crippen LogP contribution in [0.15, 0.2) is 36.5 Å². The molecule has 0 radical (unpaired) electrons. The summed E-state index contributed by atoms with van der Waals surface area (Å²) in [6, 6.07) is -0.844. The normalized spacial score (nSPS) is 13.6. The number of likely N-dealkylation sites (N-methyl/N-ethyl adjacent to an activating group) is 1. The number of hydrogen-bond donors (Lipinski definition) is 2. The summed E-state index contributed by atoms with van der Waals surface area (Å²) in [4.78, 5) is 38.0. The summed E-state index contributed by atoms with van der Waals surface area (Å²) in [6.45, 7) is 7.06. The minimum absolute atomic E-state index is 0.0441. The van der Waals surface area contributed by atoms with Crippen LogP contribution < -0.4 is 5.32 Å². The van der Waals surface area contributed by atoms with Gasteiger partial charge in [0.05, 0.1) is 33.8 Å². The van der Waals surface area contributed by atoms with Gasteiger partial charge in [-0.3, -0.25) is 18.6 Å². The van der Waals surface area contributed by atoms with Crippen LogP contribution in [0.2, 0.25) is 0 Å². The fourth-order valence-electron chi connectivity index (χ4n) is 12.0. The molecule has 10 heteroatoms. The van der Waals surface area contributed by atoms with E-state index in [9.17, 15) is 19.0 Å². The Kier molecular flexibility index (Phi) is 67.7. The summed E-state index contributed by atoms with van der Waals surface area (Å²) in [5.41, 5.74) is 0. The Hall–Kier alpha value is -1.77. The van der Waals surface area contributed by atoms with E-state index in [2.05, 4.69) is 56.5 Å². The monoisotopic (exact) mass is 1270 g/mol. The number of amides is 1. The lowest BCUT2D eigenvalue weighted by Crippen LogP contribution is -2.47. The van der Waals surface area contributed by atoms with E-state index in [4.69, 9.17) is 13.8 Å².